The predicted octanol–water partition coefficient (Wildman–Crippen LogP) is 3.55. The Morgan fingerprint density at radius 2 is 1.88 bits per heavy atom. The maximum absolute atomic E-state index is 13.2. The Morgan fingerprint density at radius 3 is 2.46 bits per heavy atom. The Kier molecular flexibility index (Phi) is 6.44. The molecule has 0 aliphatic heterocycles. The number of methoxy groups -OCH3 is 1. The van der Waals surface area contributed by atoms with Gasteiger partial charge >= 0.3 is 5.97 Å². The summed E-state index contributed by atoms with van der Waals surface area (Å²) < 4.78 is 45.5. The van der Waals surface area contributed by atoms with Crippen molar-refractivity contribution in [3.8, 4) is 5.75 Å². The van der Waals surface area contributed by atoms with E-state index in [9.17, 15) is 17.6 Å². The number of carbonyl (C=O) groups is 1. The minimum Gasteiger partial charge on any atom is -0.495 e. The molecule has 2 rings (SSSR count). The molecule has 0 radical (unpaired) electrons. The first kappa shape index (κ1) is 20.0. The third-order valence-electron chi connectivity index (χ3n) is 3.56. The van der Waals surface area contributed by atoms with E-state index in [4.69, 9.17) is 21.4 Å². The third-order valence-corrected chi connectivity index (χ3v) is 5.63. The van der Waals surface area contributed by atoms with Crippen LogP contribution in [0.5, 0.6) is 5.75 Å². The molecule has 0 atom stereocenters. The summed E-state index contributed by atoms with van der Waals surface area (Å²) in [4.78, 5) is 10.7. The predicted molar refractivity (Wildman–Crippen MR) is 95.8 cm³/mol. The molecule has 1 N–H and O–H groups in total. The average Bonchev–Trinajstić information content (AvgIpc) is 2.58. The molecule has 140 valence electrons. The molecular formula is C17H17ClFNO5S. The second kappa shape index (κ2) is 8.37. The zero-order chi connectivity index (χ0) is 19.3. The topological polar surface area (TPSA) is 83.9 Å². The number of rotatable bonds is 8. The van der Waals surface area contributed by atoms with E-state index in [1.807, 2.05) is 0 Å². The lowest BCUT2D eigenvalue weighted by molar-refractivity contribution is -0.137. The molecule has 0 fully saturated rings. The molecule has 6 nitrogen and oxygen atoms in total. The van der Waals surface area contributed by atoms with E-state index in [2.05, 4.69) is 0 Å². The summed E-state index contributed by atoms with van der Waals surface area (Å²) in [6, 6.07) is 8.85. The standard InChI is InChI=1S/C17H17ClFNO5S/c1-25-16-9-4-12(18)11-15(16)20(10-2-3-17(21)22)26(23,24)14-7-5-13(19)6-8-14/h4-9,11H,2-3,10H2,1H3,(H,21,22). The Labute approximate surface area is 155 Å². The van der Waals surface area contributed by atoms with Crippen molar-refractivity contribution < 1.29 is 27.4 Å². The maximum atomic E-state index is 13.2. The number of hydrogen-bond donors (Lipinski definition) is 1. The van der Waals surface area contributed by atoms with Crippen molar-refractivity contribution in [2.75, 3.05) is 18.0 Å². The van der Waals surface area contributed by atoms with E-state index in [-0.39, 0.29) is 35.7 Å². The Bertz CT molecular complexity index is 887. The molecule has 0 aromatic heterocycles. The van der Waals surface area contributed by atoms with E-state index in [0.29, 0.717) is 5.02 Å². The molecule has 0 heterocycles. The van der Waals surface area contributed by atoms with Crippen LogP contribution in [0.15, 0.2) is 47.4 Å². The molecule has 0 spiro atoms. The number of halogens is 2. The van der Waals surface area contributed by atoms with Gasteiger partial charge in [0.2, 0.25) is 0 Å². The van der Waals surface area contributed by atoms with Crippen LogP contribution in [0.4, 0.5) is 10.1 Å². The largest absolute Gasteiger partial charge is 0.495 e. The number of carboxylic acid groups (broad SMARTS) is 1. The van der Waals surface area contributed by atoms with Crippen LogP contribution in [0.2, 0.25) is 5.02 Å². The van der Waals surface area contributed by atoms with Gasteiger partial charge < -0.3 is 9.84 Å². The zero-order valence-electron chi connectivity index (χ0n) is 13.9. The average molecular weight is 402 g/mol. The van der Waals surface area contributed by atoms with Crippen LogP contribution in [0, 0.1) is 5.82 Å². The molecule has 0 saturated heterocycles. The lowest BCUT2D eigenvalue weighted by Crippen LogP contribution is -2.32. The number of sulfonamides is 1. The van der Waals surface area contributed by atoms with Crippen molar-refractivity contribution in [1.82, 2.24) is 0 Å². The Morgan fingerprint density at radius 1 is 1.23 bits per heavy atom. The molecule has 0 saturated carbocycles. The summed E-state index contributed by atoms with van der Waals surface area (Å²) >= 11 is 6.00. The third kappa shape index (κ3) is 4.64. The van der Waals surface area contributed by atoms with E-state index >= 15 is 0 Å². The molecule has 2 aromatic carbocycles. The van der Waals surface area contributed by atoms with Crippen molar-refractivity contribution in [2.24, 2.45) is 0 Å². The SMILES string of the molecule is COc1ccc(Cl)cc1N(CCCC(=O)O)S(=O)(=O)c1ccc(F)cc1. The first-order chi connectivity index (χ1) is 12.3. The second-order valence-electron chi connectivity index (χ2n) is 5.34. The van der Waals surface area contributed by atoms with Crippen molar-refractivity contribution in [3.05, 3.63) is 53.3 Å². The van der Waals surface area contributed by atoms with Crippen molar-refractivity contribution >= 4 is 33.3 Å². The van der Waals surface area contributed by atoms with Gasteiger partial charge in [-0.25, -0.2) is 12.8 Å². The quantitative estimate of drug-likeness (QED) is 0.731. The molecule has 0 aliphatic carbocycles. The lowest BCUT2D eigenvalue weighted by Gasteiger charge is -2.26. The summed E-state index contributed by atoms with van der Waals surface area (Å²) in [5, 5.41) is 9.13. The van der Waals surface area contributed by atoms with Gasteiger partial charge in [-0.1, -0.05) is 11.6 Å². The van der Waals surface area contributed by atoms with Crippen LogP contribution in [0.1, 0.15) is 12.8 Å². The molecule has 0 amide bonds. The van der Waals surface area contributed by atoms with Gasteiger partial charge in [-0.05, 0) is 48.9 Å². The first-order valence-electron chi connectivity index (χ1n) is 7.59. The Balaban J connectivity index is 2.51. The fourth-order valence-electron chi connectivity index (χ4n) is 2.34. The smallest absolute Gasteiger partial charge is 0.303 e. The highest BCUT2D eigenvalue weighted by Gasteiger charge is 2.27. The molecule has 2 aromatic rings. The minimum absolute atomic E-state index is 0.0748. The van der Waals surface area contributed by atoms with Gasteiger partial charge in [-0.15, -0.1) is 0 Å². The summed E-state index contributed by atoms with van der Waals surface area (Å²) in [6.45, 7) is -0.108. The van der Waals surface area contributed by atoms with Crippen molar-refractivity contribution in [3.63, 3.8) is 0 Å². The van der Waals surface area contributed by atoms with Gasteiger partial charge in [0.1, 0.15) is 11.6 Å². The van der Waals surface area contributed by atoms with E-state index in [0.717, 1.165) is 28.6 Å². The molecule has 26 heavy (non-hydrogen) atoms. The molecule has 9 heteroatoms. The van der Waals surface area contributed by atoms with Gasteiger partial charge in [0.15, 0.2) is 0 Å². The summed E-state index contributed by atoms with van der Waals surface area (Å²) in [5.41, 5.74) is 0.176. The minimum atomic E-state index is -4.08. The van der Waals surface area contributed by atoms with Crippen LogP contribution in [0.3, 0.4) is 0 Å². The molecular weight excluding hydrogens is 385 g/mol. The fraction of sp³-hybridized carbons (Fsp3) is 0.235. The number of nitrogens with zero attached hydrogens (tertiary/aromatic N) is 1. The van der Waals surface area contributed by atoms with Crippen LogP contribution in [0.25, 0.3) is 0 Å². The number of anilines is 1. The summed E-state index contributed by atoms with van der Waals surface area (Å²) in [7, 11) is -2.70. The van der Waals surface area contributed by atoms with Gasteiger partial charge in [-0.2, -0.15) is 0 Å². The highest BCUT2D eigenvalue weighted by molar-refractivity contribution is 7.92. The fourth-order valence-corrected chi connectivity index (χ4v) is 4.01. The van der Waals surface area contributed by atoms with Gasteiger partial charge in [0, 0.05) is 18.0 Å². The van der Waals surface area contributed by atoms with Crippen LogP contribution in [-0.2, 0) is 14.8 Å². The Hall–Kier alpha value is -2.32. The maximum Gasteiger partial charge on any atom is 0.303 e. The van der Waals surface area contributed by atoms with Gasteiger partial charge in [0.25, 0.3) is 10.0 Å². The zero-order valence-corrected chi connectivity index (χ0v) is 15.4. The number of carboxylic acids is 1. The van der Waals surface area contributed by atoms with Crippen LogP contribution in [-0.4, -0.2) is 33.1 Å². The van der Waals surface area contributed by atoms with Crippen LogP contribution >= 0.6 is 11.6 Å². The summed E-state index contributed by atoms with van der Waals surface area (Å²) in [6.07, 6.45) is -0.135. The van der Waals surface area contributed by atoms with E-state index in [1.54, 1.807) is 6.07 Å². The highest BCUT2D eigenvalue weighted by Crippen LogP contribution is 2.35. The van der Waals surface area contributed by atoms with Crippen LogP contribution < -0.4 is 9.04 Å². The normalized spacial score (nSPS) is 11.2. The number of hydrogen-bond acceptors (Lipinski definition) is 4. The second-order valence-corrected chi connectivity index (χ2v) is 7.64. The monoisotopic (exact) mass is 401 g/mol. The molecule has 0 unspecified atom stereocenters. The van der Waals surface area contributed by atoms with Gasteiger partial charge in [-0.3, -0.25) is 9.10 Å². The van der Waals surface area contributed by atoms with Crippen molar-refractivity contribution in [1.29, 1.82) is 0 Å². The van der Waals surface area contributed by atoms with Gasteiger partial charge in [0.05, 0.1) is 17.7 Å². The molecule has 0 aliphatic rings. The van der Waals surface area contributed by atoms with Crippen molar-refractivity contribution in [2.45, 2.75) is 17.7 Å². The van der Waals surface area contributed by atoms with E-state index < -0.39 is 21.8 Å². The highest BCUT2D eigenvalue weighted by atomic mass is 35.5. The van der Waals surface area contributed by atoms with E-state index in [1.165, 1.54) is 19.2 Å². The number of ether oxygens (including phenoxy) is 1. The first-order valence-corrected chi connectivity index (χ1v) is 9.41. The lowest BCUT2D eigenvalue weighted by atomic mass is 10.2. The molecule has 0 bridgehead atoms. The number of benzene rings is 2. The number of aliphatic carboxylic acids is 1. The summed E-state index contributed by atoms with van der Waals surface area (Å²) in [5.74, 6) is -1.35.